The zero-order chi connectivity index (χ0) is 15.9. The molecule has 1 aromatic carbocycles. The van der Waals surface area contributed by atoms with Gasteiger partial charge in [-0.15, -0.1) is 0 Å². The van der Waals surface area contributed by atoms with Crippen molar-refractivity contribution < 1.29 is 14.9 Å². The van der Waals surface area contributed by atoms with Crippen LogP contribution in [0.5, 0.6) is 11.5 Å². The van der Waals surface area contributed by atoms with Crippen molar-refractivity contribution in [2.45, 2.75) is 45.3 Å². The van der Waals surface area contributed by atoms with Crippen molar-refractivity contribution in [2.75, 3.05) is 20.2 Å². The minimum atomic E-state index is -0.251. The second kappa shape index (κ2) is 6.09. The summed E-state index contributed by atoms with van der Waals surface area (Å²) in [4.78, 5) is 2.48. The number of hydrogen-bond acceptors (Lipinski definition) is 4. The van der Waals surface area contributed by atoms with Gasteiger partial charge in [0.2, 0.25) is 0 Å². The molecule has 2 heterocycles. The summed E-state index contributed by atoms with van der Waals surface area (Å²) in [6.45, 7) is 6.41. The number of hydrogen-bond donors (Lipinski definition) is 2. The number of aromatic hydroxyl groups is 1. The van der Waals surface area contributed by atoms with Crippen LogP contribution in [0.4, 0.5) is 0 Å². The highest BCUT2D eigenvalue weighted by Gasteiger charge is 2.38. The molecule has 0 spiro atoms. The third-order valence-corrected chi connectivity index (χ3v) is 5.16. The van der Waals surface area contributed by atoms with Crippen LogP contribution in [-0.2, 0) is 6.42 Å². The van der Waals surface area contributed by atoms with E-state index >= 15 is 0 Å². The molecule has 2 N–H and O–H groups in total. The number of aliphatic hydroxyl groups is 1. The number of rotatable bonds is 3. The molecular weight excluding hydrogens is 278 g/mol. The molecule has 0 amide bonds. The molecule has 2 aliphatic rings. The summed E-state index contributed by atoms with van der Waals surface area (Å²) in [5.41, 5.74) is 2.40. The average molecular weight is 305 g/mol. The van der Waals surface area contributed by atoms with E-state index in [0.29, 0.717) is 17.6 Å². The van der Waals surface area contributed by atoms with Crippen molar-refractivity contribution in [2.24, 2.45) is 11.8 Å². The maximum Gasteiger partial charge on any atom is 0.160 e. The van der Waals surface area contributed by atoms with Gasteiger partial charge in [0.1, 0.15) is 0 Å². The Balaban J connectivity index is 1.85. The van der Waals surface area contributed by atoms with E-state index in [0.717, 1.165) is 37.9 Å². The smallest absolute Gasteiger partial charge is 0.160 e. The molecule has 22 heavy (non-hydrogen) atoms. The molecule has 3 rings (SSSR count). The fraction of sp³-hybridized carbons (Fsp3) is 0.667. The zero-order valence-electron chi connectivity index (χ0n) is 13.7. The molecule has 122 valence electrons. The van der Waals surface area contributed by atoms with E-state index in [2.05, 4.69) is 18.7 Å². The standard InChI is InChI=1S/C18H27NO3/c1-11(2)6-13-10-19-5-4-12-7-18(22-3)17(21)8-14(12)15(19)9-16(13)20/h7-8,11,13,15-16,20-21H,4-6,9-10H2,1-3H3/t13-,15?,16?/m1/s1. The highest BCUT2D eigenvalue weighted by atomic mass is 16.5. The number of benzene rings is 1. The van der Waals surface area contributed by atoms with Crippen LogP contribution < -0.4 is 4.74 Å². The highest BCUT2D eigenvalue weighted by Crippen LogP contribution is 2.43. The van der Waals surface area contributed by atoms with Crippen LogP contribution in [0.15, 0.2) is 12.1 Å². The minimum Gasteiger partial charge on any atom is -0.504 e. The van der Waals surface area contributed by atoms with Crippen LogP contribution in [0.1, 0.15) is 43.9 Å². The molecule has 1 fully saturated rings. The molecule has 2 aliphatic heterocycles. The molecule has 2 unspecified atom stereocenters. The third kappa shape index (κ3) is 2.82. The Bertz CT molecular complexity index is 543. The predicted octanol–water partition coefficient (Wildman–Crippen LogP) is 2.73. The van der Waals surface area contributed by atoms with Gasteiger partial charge < -0.3 is 14.9 Å². The quantitative estimate of drug-likeness (QED) is 0.901. The van der Waals surface area contributed by atoms with Crippen LogP contribution in [0, 0.1) is 11.8 Å². The van der Waals surface area contributed by atoms with Gasteiger partial charge in [0.05, 0.1) is 13.2 Å². The topological polar surface area (TPSA) is 52.9 Å². The molecule has 0 aliphatic carbocycles. The molecular formula is C18H27NO3. The van der Waals surface area contributed by atoms with Gasteiger partial charge in [-0.3, -0.25) is 4.90 Å². The SMILES string of the molecule is COc1cc2c(cc1O)C1CC(O)[C@H](CC(C)C)CN1CC2. The summed E-state index contributed by atoms with van der Waals surface area (Å²) in [5.74, 6) is 1.72. The second-order valence-electron chi connectivity index (χ2n) is 7.18. The van der Waals surface area contributed by atoms with Gasteiger partial charge in [-0.1, -0.05) is 13.8 Å². The molecule has 1 aromatic rings. The molecule has 1 saturated heterocycles. The molecule has 4 nitrogen and oxygen atoms in total. The van der Waals surface area contributed by atoms with Crippen molar-refractivity contribution in [1.29, 1.82) is 0 Å². The lowest BCUT2D eigenvalue weighted by molar-refractivity contribution is -0.0191. The van der Waals surface area contributed by atoms with Gasteiger partial charge in [-0.25, -0.2) is 0 Å². The molecule has 0 saturated carbocycles. The van der Waals surface area contributed by atoms with Crippen LogP contribution in [0.3, 0.4) is 0 Å². The second-order valence-corrected chi connectivity index (χ2v) is 7.18. The monoisotopic (exact) mass is 305 g/mol. The van der Waals surface area contributed by atoms with Gasteiger partial charge in [-0.05, 0) is 54.4 Å². The van der Waals surface area contributed by atoms with E-state index in [1.165, 1.54) is 5.56 Å². The van der Waals surface area contributed by atoms with E-state index in [1.807, 2.05) is 12.1 Å². The van der Waals surface area contributed by atoms with E-state index in [1.54, 1.807) is 7.11 Å². The Morgan fingerprint density at radius 3 is 2.82 bits per heavy atom. The fourth-order valence-corrected chi connectivity index (χ4v) is 4.11. The van der Waals surface area contributed by atoms with Crippen molar-refractivity contribution >= 4 is 0 Å². The Labute approximate surface area is 132 Å². The lowest BCUT2D eigenvalue weighted by atomic mass is 9.79. The number of nitrogens with zero attached hydrogens (tertiary/aromatic N) is 1. The lowest BCUT2D eigenvalue weighted by Gasteiger charge is -2.46. The Hall–Kier alpha value is -1.26. The summed E-state index contributed by atoms with van der Waals surface area (Å²) in [6, 6.07) is 4.01. The number of ether oxygens (including phenoxy) is 1. The van der Waals surface area contributed by atoms with Gasteiger partial charge in [-0.2, -0.15) is 0 Å². The number of fused-ring (bicyclic) bond motifs is 3. The van der Waals surface area contributed by atoms with Gasteiger partial charge in [0.25, 0.3) is 0 Å². The van der Waals surface area contributed by atoms with Gasteiger partial charge >= 0.3 is 0 Å². The number of aliphatic hydroxyl groups excluding tert-OH is 1. The van der Waals surface area contributed by atoms with Crippen LogP contribution in [0.2, 0.25) is 0 Å². The summed E-state index contributed by atoms with van der Waals surface area (Å²) >= 11 is 0. The van der Waals surface area contributed by atoms with Gasteiger partial charge in [0.15, 0.2) is 11.5 Å². The van der Waals surface area contributed by atoms with E-state index < -0.39 is 0 Å². The lowest BCUT2D eigenvalue weighted by Crippen LogP contribution is -2.48. The van der Waals surface area contributed by atoms with Crippen LogP contribution >= 0.6 is 0 Å². The first-order valence-electron chi connectivity index (χ1n) is 8.31. The summed E-state index contributed by atoms with van der Waals surface area (Å²) in [7, 11) is 1.58. The molecule has 3 atom stereocenters. The first kappa shape index (κ1) is 15.6. The van der Waals surface area contributed by atoms with Crippen LogP contribution in [-0.4, -0.2) is 41.4 Å². The highest BCUT2D eigenvalue weighted by molar-refractivity contribution is 5.48. The number of piperidine rings is 1. The Kier molecular flexibility index (Phi) is 4.33. The molecule has 0 radical (unpaired) electrons. The molecule has 0 bridgehead atoms. The Morgan fingerprint density at radius 2 is 2.14 bits per heavy atom. The zero-order valence-corrected chi connectivity index (χ0v) is 13.7. The maximum atomic E-state index is 10.5. The van der Waals surface area contributed by atoms with Crippen molar-refractivity contribution in [3.63, 3.8) is 0 Å². The third-order valence-electron chi connectivity index (χ3n) is 5.16. The van der Waals surface area contributed by atoms with Crippen molar-refractivity contribution in [1.82, 2.24) is 4.90 Å². The predicted molar refractivity (Wildman–Crippen MR) is 86.2 cm³/mol. The first-order valence-corrected chi connectivity index (χ1v) is 8.31. The Morgan fingerprint density at radius 1 is 1.36 bits per heavy atom. The van der Waals surface area contributed by atoms with Crippen molar-refractivity contribution in [3.05, 3.63) is 23.3 Å². The maximum absolute atomic E-state index is 10.5. The number of methoxy groups -OCH3 is 1. The molecule has 0 aromatic heterocycles. The average Bonchev–Trinajstić information content (AvgIpc) is 2.47. The number of phenolic OH excluding ortho intramolecular Hbond substituents is 1. The van der Waals surface area contributed by atoms with Crippen molar-refractivity contribution in [3.8, 4) is 11.5 Å². The fourth-order valence-electron chi connectivity index (χ4n) is 4.11. The molecule has 4 heteroatoms. The van der Waals surface area contributed by atoms with E-state index in [-0.39, 0.29) is 17.9 Å². The summed E-state index contributed by atoms with van der Waals surface area (Å²) in [5, 5.41) is 20.6. The van der Waals surface area contributed by atoms with E-state index in [9.17, 15) is 10.2 Å². The first-order chi connectivity index (χ1) is 10.5. The van der Waals surface area contributed by atoms with Crippen LogP contribution in [0.25, 0.3) is 0 Å². The summed E-state index contributed by atoms with van der Waals surface area (Å²) < 4.78 is 5.22. The summed E-state index contributed by atoms with van der Waals surface area (Å²) in [6.07, 6.45) is 2.56. The number of phenols is 1. The largest absolute Gasteiger partial charge is 0.504 e. The normalized spacial score (nSPS) is 28.3. The minimum absolute atomic E-state index is 0.196. The van der Waals surface area contributed by atoms with Gasteiger partial charge in [0, 0.05) is 19.1 Å². The van der Waals surface area contributed by atoms with E-state index in [4.69, 9.17) is 4.74 Å².